The number of nitrogens with two attached hydrogens (primary N) is 1. The first-order chi connectivity index (χ1) is 7.93. The number of nitrogen functional groups attached to an aromatic ring is 1. The summed E-state index contributed by atoms with van der Waals surface area (Å²) < 4.78 is 25.8. The van der Waals surface area contributed by atoms with Gasteiger partial charge in [-0.15, -0.1) is 0 Å². The van der Waals surface area contributed by atoms with Crippen molar-refractivity contribution < 1.29 is 8.42 Å². The summed E-state index contributed by atoms with van der Waals surface area (Å²) in [5.74, 6) is 0. The lowest BCUT2D eigenvalue weighted by Crippen LogP contribution is -2.12. The number of anilines is 1. The maximum absolute atomic E-state index is 12.3. The van der Waals surface area contributed by atoms with Gasteiger partial charge >= 0.3 is 0 Å². The average molecular weight is 250 g/mol. The van der Waals surface area contributed by atoms with Crippen LogP contribution in [0, 0.1) is 13.8 Å². The molecule has 0 aliphatic rings. The number of aromatic nitrogens is 1. The summed E-state index contributed by atoms with van der Waals surface area (Å²) in [7, 11) is -3.58. The molecule has 2 N–H and O–H groups in total. The Morgan fingerprint density at radius 2 is 1.59 bits per heavy atom. The van der Waals surface area contributed by atoms with Crippen LogP contribution in [-0.2, 0) is 10.0 Å². The topological polar surface area (TPSA) is 65.1 Å². The lowest BCUT2D eigenvalue weighted by atomic mass is 10.2. The van der Waals surface area contributed by atoms with Gasteiger partial charge in [-0.3, -0.25) is 0 Å². The molecule has 0 aliphatic carbocycles. The molecule has 0 bridgehead atoms. The van der Waals surface area contributed by atoms with Gasteiger partial charge in [0, 0.05) is 12.4 Å². The molecule has 1 heterocycles. The molecule has 90 valence electrons. The maximum atomic E-state index is 12.3. The quantitative estimate of drug-likeness (QED) is 0.828. The molecule has 17 heavy (non-hydrogen) atoms. The molecule has 1 aromatic carbocycles. The number of hydrogen-bond acceptors (Lipinski definition) is 3. The summed E-state index contributed by atoms with van der Waals surface area (Å²) in [6.45, 7) is 3.74. The van der Waals surface area contributed by atoms with Crippen LogP contribution in [0.25, 0.3) is 0 Å². The average Bonchev–Trinajstić information content (AvgIpc) is 2.60. The van der Waals surface area contributed by atoms with Gasteiger partial charge in [0.15, 0.2) is 0 Å². The maximum Gasteiger partial charge on any atom is 0.269 e. The summed E-state index contributed by atoms with van der Waals surface area (Å²) >= 11 is 0. The van der Waals surface area contributed by atoms with Crippen LogP contribution in [0.2, 0.25) is 0 Å². The highest BCUT2D eigenvalue weighted by atomic mass is 32.2. The van der Waals surface area contributed by atoms with Crippen LogP contribution in [0.15, 0.2) is 41.6 Å². The highest BCUT2D eigenvalue weighted by Gasteiger charge is 2.19. The first-order valence-electron chi connectivity index (χ1n) is 5.18. The van der Waals surface area contributed by atoms with Crippen molar-refractivity contribution in [3.8, 4) is 0 Å². The molecule has 0 radical (unpaired) electrons. The SMILES string of the molecule is Cc1cn(S(=O)(=O)c2ccccc2N)cc1C. The van der Waals surface area contributed by atoms with E-state index in [0.29, 0.717) is 0 Å². The standard InChI is InChI=1S/C12H14N2O2S/c1-9-7-14(8-10(9)2)17(15,16)12-6-4-3-5-11(12)13/h3-8H,13H2,1-2H3. The fourth-order valence-electron chi connectivity index (χ4n) is 1.59. The molecule has 0 unspecified atom stereocenters. The zero-order valence-corrected chi connectivity index (χ0v) is 10.5. The minimum absolute atomic E-state index is 0.134. The molecular weight excluding hydrogens is 236 g/mol. The molecule has 5 heteroatoms. The van der Waals surface area contributed by atoms with E-state index in [1.54, 1.807) is 30.6 Å². The minimum Gasteiger partial charge on any atom is -0.398 e. The number of nitrogens with zero attached hydrogens (tertiary/aromatic N) is 1. The van der Waals surface area contributed by atoms with Crippen LogP contribution in [0.3, 0.4) is 0 Å². The van der Waals surface area contributed by atoms with Gasteiger partial charge in [0.05, 0.1) is 5.69 Å². The molecule has 0 saturated heterocycles. The normalized spacial score (nSPS) is 11.6. The molecule has 2 rings (SSSR count). The van der Waals surface area contributed by atoms with Crippen molar-refractivity contribution >= 4 is 15.7 Å². The molecule has 1 aromatic heterocycles. The van der Waals surface area contributed by atoms with Gasteiger partial charge in [0.25, 0.3) is 10.0 Å². The largest absolute Gasteiger partial charge is 0.398 e. The van der Waals surface area contributed by atoms with E-state index in [1.165, 1.54) is 10.0 Å². The number of para-hydroxylation sites is 1. The predicted molar refractivity (Wildman–Crippen MR) is 67.3 cm³/mol. The lowest BCUT2D eigenvalue weighted by Gasteiger charge is -2.07. The summed E-state index contributed by atoms with van der Waals surface area (Å²) in [6.07, 6.45) is 3.19. The van der Waals surface area contributed by atoms with Gasteiger partial charge in [0.2, 0.25) is 0 Å². The Kier molecular flexibility index (Phi) is 2.71. The van der Waals surface area contributed by atoms with Gasteiger partial charge < -0.3 is 5.73 Å². The van der Waals surface area contributed by atoms with E-state index in [-0.39, 0.29) is 10.6 Å². The van der Waals surface area contributed by atoms with Crippen LogP contribution < -0.4 is 5.73 Å². The zero-order chi connectivity index (χ0) is 12.6. The number of aryl methyl sites for hydroxylation is 2. The van der Waals surface area contributed by atoms with Crippen molar-refractivity contribution in [3.05, 3.63) is 47.8 Å². The third-order valence-corrected chi connectivity index (χ3v) is 4.43. The number of hydrogen-bond donors (Lipinski definition) is 1. The highest BCUT2D eigenvalue weighted by Crippen LogP contribution is 2.22. The molecule has 0 saturated carbocycles. The predicted octanol–water partition coefficient (Wildman–Crippen LogP) is 1.92. The monoisotopic (exact) mass is 250 g/mol. The van der Waals surface area contributed by atoms with Crippen molar-refractivity contribution in [1.29, 1.82) is 0 Å². The Morgan fingerprint density at radius 3 is 2.12 bits per heavy atom. The highest BCUT2D eigenvalue weighted by molar-refractivity contribution is 7.90. The van der Waals surface area contributed by atoms with Crippen molar-refractivity contribution in [2.45, 2.75) is 18.7 Å². The van der Waals surface area contributed by atoms with Crippen LogP contribution in [0.1, 0.15) is 11.1 Å². The van der Waals surface area contributed by atoms with Gasteiger partial charge in [-0.1, -0.05) is 12.1 Å². The molecule has 0 aliphatic heterocycles. The Hall–Kier alpha value is -1.75. The number of rotatable bonds is 2. The molecule has 0 atom stereocenters. The van der Waals surface area contributed by atoms with E-state index in [1.807, 2.05) is 13.8 Å². The first-order valence-corrected chi connectivity index (χ1v) is 6.62. The molecule has 0 fully saturated rings. The van der Waals surface area contributed by atoms with E-state index in [9.17, 15) is 8.42 Å². The second kappa shape index (κ2) is 3.92. The molecular formula is C12H14N2O2S. The zero-order valence-electron chi connectivity index (χ0n) is 9.71. The van der Waals surface area contributed by atoms with Crippen molar-refractivity contribution in [3.63, 3.8) is 0 Å². The lowest BCUT2D eigenvalue weighted by molar-refractivity contribution is 0.588. The van der Waals surface area contributed by atoms with Crippen molar-refractivity contribution in [2.24, 2.45) is 0 Å². The van der Waals surface area contributed by atoms with Crippen LogP contribution in [0.4, 0.5) is 5.69 Å². The van der Waals surface area contributed by atoms with Gasteiger partial charge in [0.1, 0.15) is 4.90 Å². The van der Waals surface area contributed by atoms with E-state index >= 15 is 0 Å². The fraction of sp³-hybridized carbons (Fsp3) is 0.167. The van der Waals surface area contributed by atoms with Gasteiger partial charge in [-0.2, -0.15) is 0 Å². The summed E-state index contributed by atoms with van der Waals surface area (Å²) in [5, 5.41) is 0. The Labute approximate surface area is 101 Å². The first kappa shape index (κ1) is 11.7. The van der Waals surface area contributed by atoms with Crippen molar-refractivity contribution in [1.82, 2.24) is 3.97 Å². The van der Waals surface area contributed by atoms with E-state index in [2.05, 4.69) is 0 Å². The second-order valence-electron chi connectivity index (χ2n) is 4.00. The number of benzene rings is 1. The molecule has 2 aromatic rings. The smallest absolute Gasteiger partial charge is 0.269 e. The van der Waals surface area contributed by atoms with Crippen LogP contribution in [-0.4, -0.2) is 12.4 Å². The molecule has 0 spiro atoms. The Morgan fingerprint density at radius 1 is 1.06 bits per heavy atom. The van der Waals surface area contributed by atoms with Gasteiger partial charge in [-0.05, 0) is 37.1 Å². The third-order valence-electron chi connectivity index (χ3n) is 2.74. The molecule has 0 amide bonds. The third kappa shape index (κ3) is 1.93. The Bertz CT molecular complexity index is 637. The summed E-state index contributed by atoms with van der Waals surface area (Å²) in [4.78, 5) is 0.134. The van der Waals surface area contributed by atoms with E-state index in [4.69, 9.17) is 5.73 Å². The fourth-order valence-corrected chi connectivity index (χ4v) is 3.03. The second-order valence-corrected chi connectivity index (χ2v) is 5.81. The summed E-state index contributed by atoms with van der Waals surface area (Å²) in [6, 6.07) is 6.46. The Balaban J connectivity index is 2.62. The van der Waals surface area contributed by atoms with Crippen molar-refractivity contribution in [2.75, 3.05) is 5.73 Å². The van der Waals surface area contributed by atoms with E-state index in [0.717, 1.165) is 11.1 Å². The van der Waals surface area contributed by atoms with Gasteiger partial charge in [-0.25, -0.2) is 12.4 Å². The minimum atomic E-state index is -3.58. The van der Waals surface area contributed by atoms with E-state index < -0.39 is 10.0 Å². The van der Waals surface area contributed by atoms with Crippen LogP contribution in [0.5, 0.6) is 0 Å². The molecule has 4 nitrogen and oxygen atoms in total. The summed E-state index contributed by atoms with van der Waals surface area (Å²) in [5.41, 5.74) is 7.82. The van der Waals surface area contributed by atoms with Crippen LogP contribution >= 0.6 is 0 Å².